The molecule has 0 bridgehead atoms. The molecule has 0 fully saturated rings. The molecule has 0 aromatic heterocycles. The number of halogens is 1. The summed E-state index contributed by atoms with van der Waals surface area (Å²) in [5, 5.41) is 9.00. The predicted molar refractivity (Wildman–Crippen MR) is 73.0 cm³/mol. The van der Waals surface area contributed by atoms with Crippen LogP contribution in [0.3, 0.4) is 0 Å². The van der Waals surface area contributed by atoms with Crippen LogP contribution >= 0.6 is 11.6 Å². The Morgan fingerprint density at radius 2 is 1.95 bits per heavy atom. The van der Waals surface area contributed by atoms with Crippen molar-refractivity contribution in [2.24, 2.45) is 0 Å². The Labute approximate surface area is 117 Å². The highest BCUT2D eigenvalue weighted by molar-refractivity contribution is 7.89. The lowest BCUT2D eigenvalue weighted by molar-refractivity contribution is 0.102. The van der Waals surface area contributed by atoms with Crippen molar-refractivity contribution in [2.45, 2.75) is 24.3 Å². The maximum atomic E-state index is 12.0. The second-order valence-electron chi connectivity index (χ2n) is 3.99. The number of nitrogens with one attached hydrogen (secondary N) is 1. The van der Waals surface area contributed by atoms with Gasteiger partial charge in [-0.15, -0.1) is 11.6 Å². The number of aliphatic hydroxyl groups is 1. The number of carbonyl (C=O) groups excluding carboxylic acids is 1. The van der Waals surface area contributed by atoms with E-state index in [0.29, 0.717) is 12.0 Å². The second-order valence-corrected chi connectivity index (χ2v) is 5.97. The molecule has 1 atom stereocenters. The van der Waals surface area contributed by atoms with Gasteiger partial charge in [0.2, 0.25) is 10.0 Å². The van der Waals surface area contributed by atoms with E-state index in [9.17, 15) is 13.2 Å². The summed E-state index contributed by atoms with van der Waals surface area (Å²) in [5.74, 6) is -0.410. The number of aliphatic hydroxyl groups excluding tert-OH is 1. The van der Waals surface area contributed by atoms with Gasteiger partial charge in [-0.05, 0) is 18.6 Å². The Kier molecular flexibility index (Phi) is 5.93. The van der Waals surface area contributed by atoms with Crippen LogP contribution in [0.1, 0.15) is 23.7 Å². The van der Waals surface area contributed by atoms with E-state index in [1.807, 2.05) is 0 Å². The van der Waals surface area contributed by atoms with Crippen LogP contribution in [0, 0.1) is 0 Å². The van der Waals surface area contributed by atoms with Gasteiger partial charge < -0.3 is 5.11 Å². The number of benzene rings is 1. The molecule has 0 amide bonds. The fourth-order valence-corrected chi connectivity index (χ4v) is 2.90. The normalized spacial score (nSPS) is 13.2. The third-order valence-electron chi connectivity index (χ3n) is 2.64. The molecule has 19 heavy (non-hydrogen) atoms. The Bertz CT molecular complexity index is 523. The SMILES string of the molecule is CCC(CO)NS(=O)(=O)c1ccc(C(=O)CCl)cc1. The molecule has 1 rings (SSSR count). The maximum absolute atomic E-state index is 12.0. The standard InChI is InChI=1S/C12H16ClNO4S/c1-2-10(8-15)14-19(17,18)11-5-3-9(4-6-11)12(16)7-13/h3-6,10,14-15H,2,7-8H2,1H3. The molecule has 0 heterocycles. The number of rotatable bonds is 7. The van der Waals surface area contributed by atoms with E-state index in [4.69, 9.17) is 16.7 Å². The minimum atomic E-state index is -3.69. The lowest BCUT2D eigenvalue weighted by Crippen LogP contribution is -2.36. The molecule has 1 unspecified atom stereocenters. The van der Waals surface area contributed by atoms with Crippen molar-refractivity contribution < 1.29 is 18.3 Å². The summed E-state index contributed by atoms with van der Waals surface area (Å²) in [5.41, 5.74) is 0.364. The van der Waals surface area contributed by atoms with Gasteiger partial charge in [0.15, 0.2) is 5.78 Å². The van der Waals surface area contributed by atoms with E-state index in [0.717, 1.165) is 0 Å². The molecular formula is C12H16ClNO4S. The van der Waals surface area contributed by atoms with Crippen molar-refractivity contribution in [1.82, 2.24) is 4.72 Å². The highest BCUT2D eigenvalue weighted by Gasteiger charge is 2.18. The quantitative estimate of drug-likeness (QED) is 0.585. The van der Waals surface area contributed by atoms with Crippen molar-refractivity contribution >= 4 is 27.4 Å². The summed E-state index contributed by atoms with van der Waals surface area (Å²) in [6.45, 7) is 1.50. The molecule has 0 saturated heterocycles. The molecule has 0 aliphatic heterocycles. The summed E-state index contributed by atoms with van der Waals surface area (Å²) in [6.07, 6.45) is 0.485. The molecule has 1 aromatic carbocycles. The smallest absolute Gasteiger partial charge is 0.240 e. The van der Waals surface area contributed by atoms with Gasteiger partial charge in [0.05, 0.1) is 17.4 Å². The van der Waals surface area contributed by atoms with E-state index in [-0.39, 0.29) is 23.2 Å². The number of sulfonamides is 1. The summed E-state index contributed by atoms with van der Waals surface area (Å²) in [7, 11) is -3.69. The number of ketones is 1. The highest BCUT2D eigenvalue weighted by atomic mass is 35.5. The Balaban J connectivity index is 2.93. The van der Waals surface area contributed by atoms with Crippen LogP contribution in [0.2, 0.25) is 0 Å². The van der Waals surface area contributed by atoms with Crippen LogP contribution in [0.15, 0.2) is 29.2 Å². The van der Waals surface area contributed by atoms with Crippen LogP contribution in [0.25, 0.3) is 0 Å². The van der Waals surface area contributed by atoms with E-state index < -0.39 is 16.1 Å². The summed E-state index contributed by atoms with van der Waals surface area (Å²) >= 11 is 5.41. The summed E-state index contributed by atoms with van der Waals surface area (Å²) in [4.78, 5) is 11.4. The van der Waals surface area contributed by atoms with Gasteiger partial charge in [-0.1, -0.05) is 19.1 Å². The summed E-state index contributed by atoms with van der Waals surface area (Å²) < 4.78 is 26.3. The number of carbonyl (C=O) groups is 1. The highest BCUT2D eigenvalue weighted by Crippen LogP contribution is 2.12. The topological polar surface area (TPSA) is 83.5 Å². The molecular weight excluding hydrogens is 290 g/mol. The van der Waals surface area contributed by atoms with Crippen LogP contribution in [-0.4, -0.2) is 37.8 Å². The zero-order valence-electron chi connectivity index (χ0n) is 10.5. The van der Waals surface area contributed by atoms with Crippen molar-refractivity contribution in [2.75, 3.05) is 12.5 Å². The van der Waals surface area contributed by atoms with Gasteiger partial charge >= 0.3 is 0 Å². The van der Waals surface area contributed by atoms with Crippen LogP contribution in [0.5, 0.6) is 0 Å². The van der Waals surface area contributed by atoms with Gasteiger partial charge in [-0.2, -0.15) is 0 Å². The first-order chi connectivity index (χ1) is 8.94. The van der Waals surface area contributed by atoms with Crippen molar-refractivity contribution in [3.63, 3.8) is 0 Å². The third kappa shape index (κ3) is 4.28. The molecule has 5 nitrogen and oxygen atoms in total. The number of Topliss-reactive ketones (excluding diaryl/α,β-unsaturated/α-hetero) is 1. The minimum Gasteiger partial charge on any atom is -0.395 e. The predicted octanol–water partition coefficient (Wildman–Crippen LogP) is 1.16. The van der Waals surface area contributed by atoms with Gasteiger partial charge in [-0.3, -0.25) is 4.79 Å². The molecule has 7 heteroatoms. The number of alkyl halides is 1. The van der Waals surface area contributed by atoms with Crippen LogP contribution < -0.4 is 4.72 Å². The molecule has 0 aliphatic carbocycles. The van der Waals surface area contributed by atoms with E-state index >= 15 is 0 Å². The Morgan fingerprint density at radius 1 is 1.37 bits per heavy atom. The first-order valence-electron chi connectivity index (χ1n) is 5.77. The zero-order valence-corrected chi connectivity index (χ0v) is 12.0. The molecule has 0 spiro atoms. The maximum Gasteiger partial charge on any atom is 0.240 e. The minimum absolute atomic E-state index is 0.0468. The molecule has 2 N–H and O–H groups in total. The first-order valence-corrected chi connectivity index (χ1v) is 7.78. The van der Waals surface area contributed by atoms with Crippen LogP contribution in [0.4, 0.5) is 0 Å². The van der Waals surface area contributed by atoms with E-state index in [1.165, 1.54) is 24.3 Å². The molecule has 0 aliphatic rings. The molecule has 106 valence electrons. The average Bonchev–Trinajstić information content (AvgIpc) is 2.44. The Morgan fingerprint density at radius 3 is 2.37 bits per heavy atom. The first kappa shape index (κ1) is 16.1. The fraction of sp³-hybridized carbons (Fsp3) is 0.417. The largest absolute Gasteiger partial charge is 0.395 e. The van der Waals surface area contributed by atoms with E-state index in [1.54, 1.807) is 6.92 Å². The lowest BCUT2D eigenvalue weighted by atomic mass is 10.1. The molecule has 0 radical (unpaired) electrons. The van der Waals surface area contributed by atoms with Gasteiger partial charge in [0.1, 0.15) is 0 Å². The summed E-state index contributed by atoms with van der Waals surface area (Å²) in [6, 6.07) is 4.99. The van der Waals surface area contributed by atoms with Gasteiger partial charge in [0, 0.05) is 11.6 Å². The fourth-order valence-electron chi connectivity index (χ4n) is 1.43. The molecule has 1 aromatic rings. The number of hydrogen-bond acceptors (Lipinski definition) is 4. The van der Waals surface area contributed by atoms with Crippen molar-refractivity contribution in [1.29, 1.82) is 0 Å². The zero-order chi connectivity index (χ0) is 14.5. The monoisotopic (exact) mass is 305 g/mol. The average molecular weight is 306 g/mol. The van der Waals surface area contributed by atoms with E-state index in [2.05, 4.69) is 4.72 Å². The lowest BCUT2D eigenvalue weighted by Gasteiger charge is -2.14. The Hall–Kier alpha value is -0.950. The van der Waals surface area contributed by atoms with Gasteiger partial charge in [-0.25, -0.2) is 13.1 Å². The molecule has 0 saturated carbocycles. The second kappa shape index (κ2) is 7.00. The van der Waals surface area contributed by atoms with Crippen LogP contribution in [-0.2, 0) is 10.0 Å². The van der Waals surface area contributed by atoms with Gasteiger partial charge in [0.25, 0.3) is 0 Å². The van der Waals surface area contributed by atoms with Crippen molar-refractivity contribution in [3.05, 3.63) is 29.8 Å². The number of hydrogen-bond donors (Lipinski definition) is 2. The third-order valence-corrected chi connectivity index (χ3v) is 4.42. The van der Waals surface area contributed by atoms with Crippen molar-refractivity contribution in [3.8, 4) is 0 Å².